The normalized spacial score (nSPS) is 11.4. The smallest absolute Gasteiger partial charge is 0.330 e. The van der Waals surface area contributed by atoms with Gasteiger partial charge in [0.1, 0.15) is 0 Å². The lowest BCUT2D eigenvalue weighted by molar-refractivity contribution is -0.149. The number of ether oxygens (including phenoxy) is 2. The van der Waals surface area contributed by atoms with Crippen LogP contribution in [0.15, 0.2) is 12.7 Å². The number of hydrogen-bond acceptors (Lipinski definition) is 5. The number of carbonyl (C=O) groups excluding carboxylic acids is 2. The number of hydrogen-bond donors (Lipinski definition) is 1. The molecule has 0 aliphatic rings. The molecule has 0 aliphatic heterocycles. The Morgan fingerprint density at radius 3 is 2.30 bits per heavy atom. The van der Waals surface area contributed by atoms with Gasteiger partial charge in [0.2, 0.25) is 0 Å². The third-order valence-electron chi connectivity index (χ3n) is 2.62. The molecule has 0 radical (unpaired) electrons. The van der Waals surface area contributed by atoms with Crippen LogP contribution in [-0.4, -0.2) is 36.2 Å². The van der Waals surface area contributed by atoms with E-state index in [-0.39, 0.29) is 31.5 Å². The molecule has 0 aromatic carbocycles. The largest absolute Gasteiger partial charge is 0.481 e. The molecule has 0 heterocycles. The molecule has 0 rings (SSSR count). The van der Waals surface area contributed by atoms with E-state index in [2.05, 4.69) is 6.58 Å². The van der Waals surface area contributed by atoms with Crippen molar-refractivity contribution in [1.29, 1.82) is 0 Å². The van der Waals surface area contributed by atoms with E-state index in [4.69, 9.17) is 14.6 Å². The van der Waals surface area contributed by atoms with E-state index in [1.165, 1.54) is 0 Å². The minimum absolute atomic E-state index is 0.0618. The summed E-state index contributed by atoms with van der Waals surface area (Å²) in [6.45, 7) is 5.54. The van der Waals surface area contributed by atoms with Crippen LogP contribution in [0.25, 0.3) is 0 Å². The van der Waals surface area contributed by atoms with Gasteiger partial charge in [-0.15, -0.1) is 0 Å². The first-order valence-electron chi connectivity index (χ1n) is 6.65. The lowest BCUT2D eigenvalue weighted by Crippen LogP contribution is -2.16. The molecule has 0 bridgehead atoms. The zero-order valence-electron chi connectivity index (χ0n) is 11.8. The first-order chi connectivity index (χ1) is 9.47. The maximum absolute atomic E-state index is 11.5. The van der Waals surface area contributed by atoms with E-state index in [1.54, 1.807) is 6.92 Å². The SMILES string of the molecule is C=CC(=O)OCCCCOC(=O)C(C)CCCC(=O)O. The van der Waals surface area contributed by atoms with Gasteiger partial charge in [-0.25, -0.2) is 4.79 Å². The summed E-state index contributed by atoms with van der Waals surface area (Å²) in [4.78, 5) is 32.6. The van der Waals surface area contributed by atoms with Crippen molar-refractivity contribution in [2.45, 2.75) is 39.0 Å². The molecule has 1 unspecified atom stereocenters. The second kappa shape index (κ2) is 11.0. The minimum atomic E-state index is -0.861. The van der Waals surface area contributed by atoms with Crippen LogP contribution in [0.2, 0.25) is 0 Å². The summed E-state index contributed by atoms with van der Waals surface area (Å²) in [7, 11) is 0. The van der Waals surface area contributed by atoms with Crippen molar-refractivity contribution in [3.8, 4) is 0 Å². The van der Waals surface area contributed by atoms with Crippen molar-refractivity contribution in [2.24, 2.45) is 5.92 Å². The fraction of sp³-hybridized carbons (Fsp3) is 0.643. The molecule has 0 amide bonds. The van der Waals surface area contributed by atoms with Crippen molar-refractivity contribution in [3.05, 3.63) is 12.7 Å². The number of carboxylic acid groups (broad SMARTS) is 1. The second-order valence-electron chi connectivity index (χ2n) is 4.43. The van der Waals surface area contributed by atoms with Crippen molar-refractivity contribution >= 4 is 17.9 Å². The summed E-state index contributed by atoms with van der Waals surface area (Å²) in [5.41, 5.74) is 0. The van der Waals surface area contributed by atoms with Gasteiger partial charge in [-0.3, -0.25) is 9.59 Å². The topological polar surface area (TPSA) is 89.9 Å². The molecule has 0 aromatic rings. The number of carboxylic acids is 1. The molecule has 0 aliphatic carbocycles. The van der Waals surface area contributed by atoms with E-state index in [0.29, 0.717) is 25.7 Å². The lowest BCUT2D eigenvalue weighted by atomic mass is 10.0. The van der Waals surface area contributed by atoms with Gasteiger partial charge in [-0.05, 0) is 25.7 Å². The molecular weight excluding hydrogens is 264 g/mol. The second-order valence-corrected chi connectivity index (χ2v) is 4.43. The van der Waals surface area contributed by atoms with E-state index < -0.39 is 11.9 Å². The van der Waals surface area contributed by atoms with E-state index in [9.17, 15) is 14.4 Å². The third-order valence-corrected chi connectivity index (χ3v) is 2.62. The van der Waals surface area contributed by atoms with Gasteiger partial charge in [0.25, 0.3) is 0 Å². The fourth-order valence-corrected chi connectivity index (χ4v) is 1.43. The molecule has 0 spiro atoms. The van der Waals surface area contributed by atoms with E-state index in [1.807, 2.05) is 0 Å². The number of aliphatic carboxylic acids is 1. The van der Waals surface area contributed by atoms with Gasteiger partial charge in [-0.1, -0.05) is 13.5 Å². The molecule has 0 aromatic heterocycles. The van der Waals surface area contributed by atoms with E-state index in [0.717, 1.165) is 6.08 Å². The maximum Gasteiger partial charge on any atom is 0.330 e. The number of rotatable bonds is 11. The summed E-state index contributed by atoms with van der Waals surface area (Å²) >= 11 is 0. The first-order valence-corrected chi connectivity index (χ1v) is 6.65. The minimum Gasteiger partial charge on any atom is -0.481 e. The summed E-state index contributed by atoms with van der Waals surface area (Å²) < 4.78 is 9.82. The van der Waals surface area contributed by atoms with Crippen molar-refractivity contribution in [2.75, 3.05) is 13.2 Å². The quantitative estimate of drug-likeness (QED) is 0.354. The monoisotopic (exact) mass is 286 g/mol. The molecule has 0 fully saturated rings. The van der Waals surface area contributed by atoms with Crippen LogP contribution < -0.4 is 0 Å². The molecule has 6 nitrogen and oxygen atoms in total. The molecule has 6 heteroatoms. The Bertz CT molecular complexity index is 337. The summed E-state index contributed by atoms with van der Waals surface area (Å²) in [5.74, 6) is -1.94. The van der Waals surface area contributed by atoms with Crippen molar-refractivity contribution < 1.29 is 29.0 Å². The number of carbonyl (C=O) groups is 3. The van der Waals surface area contributed by atoms with Crippen LogP contribution in [0.5, 0.6) is 0 Å². The Hall–Kier alpha value is -1.85. The Morgan fingerprint density at radius 1 is 1.15 bits per heavy atom. The average molecular weight is 286 g/mol. The highest BCUT2D eigenvalue weighted by molar-refractivity contribution is 5.81. The fourth-order valence-electron chi connectivity index (χ4n) is 1.43. The van der Waals surface area contributed by atoms with Gasteiger partial charge in [0.15, 0.2) is 0 Å². The molecule has 0 saturated carbocycles. The zero-order valence-corrected chi connectivity index (χ0v) is 11.8. The van der Waals surface area contributed by atoms with Crippen LogP contribution in [0, 0.1) is 5.92 Å². The predicted octanol–water partition coefficient (Wildman–Crippen LogP) is 1.93. The number of unbranched alkanes of at least 4 members (excludes halogenated alkanes) is 1. The van der Waals surface area contributed by atoms with Crippen LogP contribution in [-0.2, 0) is 23.9 Å². The molecule has 114 valence electrons. The Balaban J connectivity index is 3.54. The highest BCUT2D eigenvalue weighted by Gasteiger charge is 2.14. The van der Waals surface area contributed by atoms with Gasteiger partial charge >= 0.3 is 17.9 Å². The van der Waals surface area contributed by atoms with Gasteiger partial charge < -0.3 is 14.6 Å². The molecular formula is C14H22O6. The van der Waals surface area contributed by atoms with Crippen LogP contribution in [0.4, 0.5) is 0 Å². The van der Waals surface area contributed by atoms with Crippen molar-refractivity contribution in [3.63, 3.8) is 0 Å². The predicted molar refractivity (Wildman–Crippen MR) is 72.0 cm³/mol. The Labute approximate surface area is 118 Å². The standard InChI is InChI=1S/C14H22O6/c1-3-13(17)19-9-4-5-10-20-14(18)11(2)7-6-8-12(15)16/h3,11H,1,4-10H2,2H3,(H,15,16). The van der Waals surface area contributed by atoms with Gasteiger partial charge in [-0.2, -0.15) is 0 Å². The molecule has 1 N–H and O–H groups in total. The van der Waals surface area contributed by atoms with Gasteiger partial charge in [0.05, 0.1) is 19.1 Å². The average Bonchev–Trinajstić information content (AvgIpc) is 2.41. The molecule has 0 saturated heterocycles. The first kappa shape index (κ1) is 18.1. The Kier molecular flexibility index (Phi) is 10.00. The summed E-state index contributed by atoms with van der Waals surface area (Å²) in [5, 5.41) is 8.49. The lowest BCUT2D eigenvalue weighted by Gasteiger charge is -2.10. The maximum atomic E-state index is 11.5. The number of esters is 2. The van der Waals surface area contributed by atoms with Crippen LogP contribution >= 0.6 is 0 Å². The third kappa shape index (κ3) is 10.1. The summed E-state index contributed by atoms with van der Waals surface area (Å²) in [6.07, 6.45) is 3.34. The highest BCUT2D eigenvalue weighted by atomic mass is 16.5. The summed E-state index contributed by atoms with van der Waals surface area (Å²) in [6, 6.07) is 0. The zero-order chi connectivity index (χ0) is 15.4. The van der Waals surface area contributed by atoms with E-state index >= 15 is 0 Å². The Morgan fingerprint density at radius 2 is 1.75 bits per heavy atom. The molecule has 1 atom stereocenters. The van der Waals surface area contributed by atoms with Crippen LogP contribution in [0.3, 0.4) is 0 Å². The molecule has 20 heavy (non-hydrogen) atoms. The van der Waals surface area contributed by atoms with Crippen molar-refractivity contribution in [1.82, 2.24) is 0 Å². The highest BCUT2D eigenvalue weighted by Crippen LogP contribution is 2.10. The van der Waals surface area contributed by atoms with Gasteiger partial charge in [0, 0.05) is 12.5 Å². The van der Waals surface area contributed by atoms with Crippen LogP contribution in [0.1, 0.15) is 39.0 Å².